The van der Waals surface area contributed by atoms with Gasteiger partial charge >= 0.3 is 5.97 Å². The van der Waals surface area contributed by atoms with Crippen LogP contribution in [0, 0.1) is 0 Å². The van der Waals surface area contributed by atoms with E-state index in [0.29, 0.717) is 0 Å². The zero-order valence-electron chi connectivity index (χ0n) is 12.2. The highest BCUT2D eigenvalue weighted by Crippen LogP contribution is 2.28. The lowest BCUT2D eigenvalue weighted by Crippen LogP contribution is -2.04. The van der Waals surface area contributed by atoms with Crippen molar-refractivity contribution in [3.8, 4) is 0 Å². The lowest BCUT2D eigenvalue weighted by Gasteiger charge is -2.09. The largest absolute Gasteiger partial charge is 0.477 e. The van der Waals surface area contributed by atoms with Gasteiger partial charge < -0.3 is 5.11 Å². The Morgan fingerprint density at radius 1 is 0.917 bits per heavy atom. The van der Waals surface area contributed by atoms with Gasteiger partial charge in [0.1, 0.15) is 5.57 Å². The third-order valence-corrected chi connectivity index (χ3v) is 5.05. The van der Waals surface area contributed by atoms with Crippen LogP contribution in [-0.2, 0) is 14.6 Å². The van der Waals surface area contributed by atoms with Crippen LogP contribution < -0.4 is 0 Å². The van der Waals surface area contributed by atoms with Crippen molar-refractivity contribution >= 4 is 26.3 Å². The van der Waals surface area contributed by atoms with Crippen LogP contribution in [0.25, 0.3) is 10.5 Å². The Balaban J connectivity index is 2.40. The van der Waals surface area contributed by atoms with Crippen molar-refractivity contribution in [3.05, 3.63) is 78.4 Å². The maximum absolute atomic E-state index is 12.7. The van der Waals surface area contributed by atoms with E-state index in [2.05, 4.69) is 6.58 Å². The number of halogens is 2. The van der Waals surface area contributed by atoms with Gasteiger partial charge in [0.2, 0.25) is 9.84 Å². The second-order valence-corrected chi connectivity index (χ2v) is 6.73. The Kier molecular flexibility index (Phi) is 4.94. The molecule has 0 unspecified atom stereocenters. The molecule has 24 heavy (non-hydrogen) atoms. The normalized spacial score (nSPS) is 10.9. The number of hydrogen-bond donors (Lipinski definition) is 1. The van der Waals surface area contributed by atoms with E-state index in [1.807, 2.05) is 0 Å². The van der Waals surface area contributed by atoms with Crippen LogP contribution in [0.2, 0.25) is 0 Å². The third-order valence-electron chi connectivity index (χ3n) is 3.28. The molecule has 0 aliphatic heterocycles. The minimum absolute atomic E-state index is 0.0556. The quantitative estimate of drug-likeness (QED) is 0.832. The SMILES string of the molecule is C=C(c1ccc(C(C(=O)O)=C(F)F)cc1)S(=O)(=O)c1ccccc1. The van der Waals surface area contributed by atoms with Gasteiger partial charge in [0.05, 0.1) is 9.80 Å². The van der Waals surface area contributed by atoms with E-state index >= 15 is 0 Å². The zero-order chi connectivity index (χ0) is 17.9. The van der Waals surface area contributed by atoms with E-state index in [1.54, 1.807) is 18.2 Å². The zero-order valence-corrected chi connectivity index (χ0v) is 13.1. The van der Waals surface area contributed by atoms with Crippen LogP contribution in [0.3, 0.4) is 0 Å². The fraction of sp³-hybridized carbons (Fsp3) is 0. The van der Waals surface area contributed by atoms with Crippen LogP contribution >= 0.6 is 0 Å². The maximum atomic E-state index is 12.7. The fourth-order valence-corrected chi connectivity index (χ4v) is 3.28. The topological polar surface area (TPSA) is 71.4 Å². The molecule has 4 nitrogen and oxygen atoms in total. The van der Waals surface area contributed by atoms with E-state index in [4.69, 9.17) is 5.11 Å². The molecule has 0 saturated heterocycles. The Bertz CT molecular complexity index is 911. The van der Waals surface area contributed by atoms with E-state index < -0.39 is 27.5 Å². The van der Waals surface area contributed by atoms with Crippen molar-refractivity contribution in [1.82, 2.24) is 0 Å². The van der Waals surface area contributed by atoms with Crippen molar-refractivity contribution in [1.29, 1.82) is 0 Å². The molecule has 0 radical (unpaired) electrons. The van der Waals surface area contributed by atoms with Crippen molar-refractivity contribution in [3.63, 3.8) is 0 Å². The highest BCUT2D eigenvalue weighted by Gasteiger charge is 2.21. The van der Waals surface area contributed by atoms with Gasteiger partial charge in [-0.25, -0.2) is 13.2 Å². The molecule has 2 rings (SSSR count). The van der Waals surface area contributed by atoms with Gasteiger partial charge in [0.25, 0.3) is 6.08 Å². The Morgan fingerprint density at radius 2 is 1.42 bits per heavy atom. The van der Waals surface area contributed by atoms with Crippen molar-refractivity contribution in [2.75, 3.05) is 0 Å². The third kappa shape index (κ3) is 3.41. The van der Waals surface area contributed by atoms with Crippen molar-refractivity contribution < 1.29 is 27.1 Å². The smallest absolute Gasteiger partial charge is 0.341 e. The Hall–Kier alpha value is -2.80. The number of aliphatic carboxylic acids is 1. The summed E-state index contributed by atoms with van der Waals surface area (Å²) in [6, 6.07) is 12.3. The van der Waals surface area contributed by atoms with E-state index in [1.165, 1.54) is 24.3 Å². The fourth-order valence-electron chi connectivity index (χ4n) is 2.03. The molecule has 7 heteroatoms. The number of benzene rings is 2. The van der Waals surface area contributed by atoms with Gasteiger partial charge in [0, 0.05) is 0 Å². The molecule has 1 N–H and O–H groups in total. The molecule has 0 atom stereocenters. The first kappa shape index (κ1) is 17.6. The molecule has 2 aromatic rings. The van der Waals surface area contributed by atoms with Crippen LogP contribution in [0.15, 0.2) is 72.2 Å². The summed E-state index contributed by atoms with van der Waals surface area (Å²) < 4.78 is 50.3. The second kappa shape index (κ2) is 6.76. The van der Waals surface area contributed by atoms with Gasteiger partial charge in [-0.3, -0.25) is 0 Å². The van der Waals surface area contributed by atoms with Crippen molar-refractivity contribution in [2.45, 2.75) is 4.90 Å². The summed E-state index contributed by atoms with van der Waals surface area (Å²) in [5, 5.41) is 8.80. The van der Waals surface area contributed by atoms with Gasteiger partial charge in [-0.2, -0.15) is 8.78 Å². The Morgan fingerprint density at radius 3 is 1.88 bits per heavy atom. The van der Waals surface area contributed by atoms with Crippen LogP contribution in [-0.4, -0.2) is 19.5 Å². The first-order valence-corrected chi connectivity index (χ1v) is 8.12. The first-order valence-electron chi connectivity index (χ1n) is 6.63. The second-order valence-electron chi connectivity index (χ2n) is 4.76. The number of carboxylic acid groups (broad SMARTS) is 1. The van der Waals surface area contributed by atoms with Crippen LogP contribution in [0.1, 0.15) is 11.1 Å². The minimum atomic E-state index is -3.83. The molecular formula is C17H12F2O4S. The average Bonchev–Trinajstić information content (AvgIpc) is 2.55. The molecule has 124 valence electrons. The highest BCUT2D eigenvalue weighted by molar-refractivity contribution is 8.00. The Labute approximate surface area is 137 Å². The molecule has 0 bridgehead atoms. The maximum Gasteiger partial charge on any atom is 0.341 e. The first-order chi connectivity index (χ1) is 11.2. The van der Waals surface area contributed by atoms with E-state index in [9.17, 15) is 22.0 Å². The molecule has 0 aliphatic rings. The predicted molar refractivity (Wildman–Crippen MR) is 85.9 cm³/mol. The van der Waals surface area contributed by atoms with Crippen LogP contribution in [0.4, 0.5) is 8.78 Å². The molecule has 2 aromatic carbocycles. The molecule has 0 heterocycles. The summed E-state index contributed by atoms with van der Waals surface area (Å²) in [7, 11) is -3.83. The number of hydrogen-bond acceptors (Lipinski definition) is 3. The summed E-state index contributed by atoms with van der Waals surface area (Å²) in [5.41, 5.74) is -1.17. The number of carbonyl (C=O) groups is 1. The van der Waals surface area contributed by atoms with Crippen LogP contribution in [0.5, 0.6) is 0 Å². The molecule has 0 amide bonds. The van der Waals surface area contributed by atoms with Gasteiger partial charge in [0.15, 0.2) is 0 Å². The van der Waals surface area contributed by atoms with Gasteiger partial charge in [-0.1, -0.05) is 49.0 Å². The van der Waals surface area contributed by atoms with Gasteiger partial charge in [-0.05, 0) is 23.3 Å². The minimum Gasteiger partial charge on any atom is -0.477 e. The summed E-state index contributed by atoms with van der Waals surface area (Å²) in [6.45, 7) is 3.55. The van der Waals surface area contributed by atoms with E-state index in [-0.39, 0.29) is 20.9 Å². The van der Waals surface area contributed by atoms with Gasteiger partial charge in [-0.15, -0.1) is 0 Å². The summed E-state index contributed by atoms with van der Waals surface area (Å²) in [6.07, 6.45) is -2.33. The summed E-state index contributed by atoms with van der Waals surface area (Å²) >= 11 is 0. The van der Waals surface area contributed by atoms with E-state index in [0.717, 1.165) is 12.1 Å². The van der Waals surface area contributed by atoms with Crippen molar-refractivity contribution in [2.24, 2.45) is 0 Å². The molecule has 0 fully saturated rings. The molecular weight excluding hydrogens is 338 g/mol. The lowest BCUT2D eigenvalue weighted by atomic mass is 10.1. The number of sulfone groups is 1. The lowest BCUT2D eigenvalue weighted by molar-refractivity contribution is -0.130. The summed E-state index contributed by atoms with van der Waals surface area (Å²) in [5.74, 6) is -1.77. The average molecular weight is 350 g/mol. The number of carboxylic acids is 1. The molecule has 0 aromatic heterocycles. The highest BCUT2D eigenvalue weighted by atomic mass is 32.2. The molecule has 0 saturated carbocycles. The standard InChI is InChI=1S/C17H12F2O4S/c1-11(24(22,23)14-5-3-2-4-6-14)12-7-9-13(10-8-12)15(16(18)19)17(20)21/h2-10H,1H2,(H,20,21). The predicted octanol–water partition coefficient (Wildman–Crippen LogP) is 3.82. The molecule has 0 spiro atoms. The number of rotatable bonds is 5. The monoisotopic (exact) mass is 350 g/mol. The summed E-state index contributed by atoms with van der Waals surface area (Å²) in [4.78, 5) is 10.7. The molecule has 0 aliphatic carbocycles.